The molecule has 0 aliphatic heterocycles. The highest BCUT2D eigenvalue weighted by atomic mass is 16.5. The Kier molecular flexibility index (Phi) is 6.12. The van der Waals surface area contributed by atoms with E-state index in [-0.39, 0.29) is 6.10 Å². The van der Waals surface area contributed by atoms with E-state index in [1.54, 1.807) is 20.1 Å². The fourth-order valence-corrected chi connectivity index (χ4v) is 1.48. The van der Waals surface area contributed by atoms with E-state index in [1.165, 1.54) is 5.56 Å². The molecule has 0 fully saturated rings. The smallest absolute Gasteiger partial charge is 0.119 e. The van der Waals surface area contributed by atoms with E-state index in [1.807, 2.05) is 24.3 Å². The maximum atomic E-state index is 9.01. The normalized spacial score (nSPS) is 13.4. The molecule has 2 heteroatoms. The molecule has 17 heavy (non-hydrogen) atoms. The summed E-state index contributed by atoms with van der Waals surface area (Å²) in [7, 11) is 1.68. The number of rotatable bonds is 6. The molecule has 92 valence electrons. The Bertz CT molecular complexity index is 378. The second kappa shape index (κ2) is 7.69. The number of benzene rings is 1. The quantitative estimate of drug-likeness (QED) is 0.764. The van der Waals surface area contributed by atoms with Crippen LogP contribution < -0.4 is 4.74 Å². The largest absolute Gasteiger partial charge is 0.497 e. The van der Waals surface area contributed by atoms with Crippen molar-refractivity contribution in [1.29, 1.82) is 0 Å². The zero-order valence-electron chi connectivity index (χ0n) is 10.5. The molecule has 2 nitrogen and oxygen atoms in total. The summed E-state index contributed by atoms with van der Waals surface area (Å²) < 4.78 is 5.17. The third-order valence-electron chi connectivity index (χ3n) is 2.37. The van der Waals surface area contributed by atoms with Crippen molar-refractivity contribution in [1.82, 2.24) is 0 Å². The van der Waals surface area contributed by atoms with Crippen LogP contribution in [0.4, 0.5) is 0 Å². The molecule has 0 heterocycles. The first-order valence-corrected chi connectivity index (χ1v) is 5.86. The molecule has 0 aliphatic rings. The summed E-state index contributed by atoms with van der Waals surface area (Å²) in [5, 5.41) is 9.01. The number of hydrogen-bond donors (Lipinski definition) is 1. The van der Waals surface area contributed by atoms with Gasteiger partial charge in [-0.1, -0.05) is 36.4 Å². The van der Waals surface area contributed by atoms with Gasteiger partial charge in [0.1, 0.15) is 5.75 Å². The molecule has 0 saturated heterocycles. The number of ether oxygens (including phenoxy) is 1. The van der Waals surface area contributed by atoms with Crippen molar-refractivity contribution in [3.05, 3.63) is 54.1 Å². The van der Waals surface area contributed by atoms with Gasteiger partial charge in [0.25, 0.3) is 0 Å². The molecular weight excluding hydrogens is 212 g/mol. The molecule has 0 saturated carbocycles. The minimum Gasteiger partial charge on any atom is -0.497 e. The van der Waals surface area contributed by atoms with Gasteiger partial charge in [0.15, 0.2) is 0 Å². The number of aliphatic hydroxyl groups excluding tert-OH is 1. The predicted molar refractivity (Wildman–Crippen MR) is 71.3 cm³/mol. The van der Waals surface area contributed by atoms with Crippen molar-refractivity contribution in [2.45, 2.75) is 25.9 Å². The van der Waals surface area contributed by atoms with Gasteiger partial charge in [-0.25, -0.2) is 0 Å². The molecule has 1 rings (SSSR count). The van der Waals surface area contributed by atoms with E-state index in [0.29, 0.717) is 0 Å². The molecule has 0 bridgehead atoms. The van der Waals surface area contributed by atoms with Crippen molar-refractivity contribution in [2.24, 2.45) is 0 Å². The van der Waals surface area contributed by atoms with Crippen LogP contribution in [0.15, 0.2) is 48.6 Å². The molecule has 1 N–H and O–H groups in total. The first kappa shape index (κ1) is 13.5. The van der Waals surface area contributed by atoms with Crippen molar-refractivity contribution >= 4 is 0 Å². The first-order valence-electron chi connectivity index (χ1n) is 5.86. The standard InChI is InChI=1S/C15H20O2/c1-13(16)8-5-3-4-6-9-14-10-7-11-15(12-14)17-2/h3-5,7-8,10-13,16H,6,9H2,1-2H3/b4-3+,8-5+/t13-/m1/s1. The second-order valence-electron chi connectivity index (χ2n) is 3.94. The van der Waals surface area contributed by atoms with E-state index >= 15 is 0 Å². The lowest BCUT2D eigenvalue weighted by atomic mass is 10.1. The van der Waals surface area contributed by atoms with Crippen molar-refractivity contribution < 1.29 is 9.84 Å². The van der Waals surface area contributed by atoms with Gasteiger partial charge in [0.2, 0.25) is 0 Å². The highest BCUT2D eigenvalue weighted by molar-refractivity contribution is 5.28. The van der Waals surface area contributed by atoms with Gasteiger partial charge >= 0.3 is 0 Å². The average molecular weight is 232 g/mol. The van der Waals surface area contributed by atoms with Gasteiger partial charge < -0.3 is 9.84 Å². The van der Waals surface area contributed by atoms with Crippen LogP contribution in [0.5, 0.6) is 5.75 Å². The Hall–Kier alpha value is -1.54. The minimum atomic E-state index is -0.377. The monoisotopic (exact) mass is 232 g/mol. The van der Waals surface area contributed by atoms with Gasteiger partial charge in [-0.2, -0.15) is 0 Å². The van der Waals surface area contributed by atoms with Crippen LogP contribution in [0.25, 0.3) is 0 Å². The maximum Gasteiger partial charge on any atom is 0.119 e. The summed E-state index contributed by atoms with van der Waals surface area (Å²) in [4.78, 5) is 0. The lowest BCUT2D eigenvalue weighted by molar-refractivity contribution is 0.244. The van der Waals surface area contributed by atoms with E-state index in [2.05, 4.69) is 18.2 Å². The maximum absolute atomic E-state index is 9.01. The zero-order valence-corrected chi connectivity index (χ0v) is 10.5. The summed E-state index contributed by atoms with van der Waals surface area (Å²) >= 11 is 0. The number of methoxy groups -OCH3 is 1. The fraction of sp³-hybridized carbons (Fsp3) is 0.333. The molecule has 1 atom stereocenters. The third-order valence-corrected chi connectivity index (χ3v) is 2.37. The molecule has 0 radical (unpaired) electrons. The molecule has 1 aromatic rings. The number of hydrogen-bond acceptors (Lipinski definition) is 2. The van der Waals surface area contributed by atoms with Crippen molar-refractivity contribution in [3.63, 3.8) is 0 Å². The highest BCUT2D eigenvalue weighted by Crippen LogP contribution is 2.13. The lowest BCUT2D eigenvalue weighted by Crippen LogP contribution is -1.90. The summed E-state index contributed by atoms with van der Waals surface area (Å²) in [6.45, 7) is 1.74. The highest BCUT2D eigenvalue weighted by Gasteiger charge is 1.93. The van der Waals surface area contributed by atoms with Crippen molar-refractivity contribution in [3.8, 4) is 5.75 Å². The minimum absolute atomic E-state index is 0.377. The van der Waals surface area contributed by atoms with Crippen LogP contribution in [-0.4, -0.2) is 18.3 Å². The Balaban J connectivity index is 2.35. The van der Waals surface area contributed by atoms with Crippen molar-refractivity contribution in [2.75, 3.05) is 7.11 Å². The molecule has 1 aromatic carbocycles. The molecule has 0 aliphatic carbocycles. The van der Waals surface area contributed by atoms with E-state index < -0.39 is 0 Å². The van der Waals surface area contributed by atoms with Gasteiger partial charge in [-0.15, -0.1) is 0 Å². The van der Waals surface area contributed by atoms with Gasteiger partial charge in [0.05, 0.1) is 13.2 Å². The average Bonchev–Trinajstić information content (AvgIpc) is 2.33. The Morgan fingerprint density at radius 3 is 2.88 bits per heavy atom. The van der Waals surface area contributed by atoms with Crippen LogP contribution in [0.2, 0.25) is 0 Å². The summed E-state index contributed by atoms with van der Waals surface area (Å²) in [5.41, 5.74) is 1.27. The molecule has 0 spiro atoms. The molecule has 0 amide bonds. The lowest BCUT2D eigenvalue weighted by Gasteiger charge is -2.02. The second-order valence-corrected chi connectivity index (χ2v) is 3.94. The van der Waals surface area contributed by atoms with Crippen LogP contribution in [0, 0.1) is 0 Å². The summed E-state index contributed by atoms with van der Waals surface area (Å²) in [6.07, 6.45) is 9.29. The first-order chi connectivity index (χ1) is 8.22. The van der Waals surface area contributed by atoms with E-state index in [0.717, 1.165) is 18.6 Å². The molecule has 0 unspecified atom stereocenters. The van der Waals surface area contributed by atoms with Gasteiger partial charge in [-0.3, -0.25) is 0 Å². The molecule has 0 aromatic heterocycles. The van der Waals surface area contributed by atoms with Crippen LogP contribution in [0.1, 0.15) is 18.9 Å². The third kappa shape index (κ3) is 5.93. The Morgan fingerprint density at radius 1 is 1.35 bits per heavy atom. The summed E-state index contributed by atoms with van der Waals surface area (Å²) in [6, 6.07) is 8.11. The van der Waals surface area contributed by atoms with Crippen LogP contribution in [-0.2, 0) is 6.42 Å². The SMILES string of the molecule is COc1cccc(CC/C=C/C=C/[C@@H](C)O)c1. The van der Waals surface area contributed by atoms with Gasteiger partial charge in [0, 0.05) is 0 Å². The zero-order chi connectivity index (χ0) is 12.5. The van der Waals surface area contributed by atoms with E-state index in [9.17, 15) is 0 Å². The predicted octanol–water partition coefficient (Wildman–Crippen LogP) is 3.12. The number of aryl methyl sites for hydroxylation is 1. The Labute approximate surface area is 103 Å². The van der Waals surface area contributed by atoms with Crippen LogP contribution >= 0.6 is 0 Å². The number of aliphatic hydroxyl groups is 1. The topological polar surface area (TPSA) is 29.5 Å². The summed E-state index contributed by atoms with van der Waals surface area (Å²) in [5.74, 6) is 0.903. The van der Waals surface area contributed by atoms with Crippen LogP contribution in [0.3, 0.4) is 0 Å². The van der Waals surface area contributed by atoms with E-state index in [4.69, 9.17) is 9.84 Å². The Morgan fingerprint density at radius 2 is 2.18 bits per heavy atom. The fourth-order valence-electron chi connectivity index (χ4n) is 1.48. The number of allylic oxidation sites excluding steroid dienone is 3. The van der Waals surface area contributed by atoms with Gasteiger partial charge in [-0.05, 0) is 37.5 Å². The molecular formula is C15H20O2.